The van der Waals surface area contributed by atoms with Crippen LogP contribution in [0.15, 0.2) is 47.2 Å². The van der Waals surface area contributed by atoms with Gasteiger partial charge in [-0.05, 0) is 44.8 Å². The Balaban J connectivity index is 2.56. The van der Waals surface area contributed by atoms with E-state index in [4.69, 9.17) is 0 Å². The quantitative estimate of drug-likeness (QED) is 0.495. The van der Waals surface area contributed by atoms with Crippen molar-refractivity contribution < 1.29 is 0 Å². The molecule has 0 saturated heterocycles. The Hall–Kier alpha value is -1.34. The van der Waals surface area contributed by atoms with Gasteiger partial charge in [0.15, 0.2) is 0 Å². The van der Waals surface area contributed by atoms with Gasteiger partial charge in [0, 0.05) is 0 Å². The summed E-state index contributed by atoms with van der Waals surface area (Å²) in [6.45, 7) is 0. The Bertz CT molecular complexity index is 522. The molecule has 0 aromatic heterocycles. The highest BCUT2D eigenvalue weighted by molar-refractivity contribution is 7.08. The molecule has 0 radical (unpaired) electrons. The maximum absolute atomic E-state index is 2.25. The van der Waals surface area contributed by atoms with Gasteiger partial charge in [-0.3, -0.25) is 0 Å². The van der Waals surface area contributed by atoms with Gasteiger partial charge in [-0.2, -0.15) is 11.3 Å². The van der Waals surface area contributed by atoms with E-state index in [9.17, 15) is 0 Å². The van der Waals surface area contributed by atoms with Crippen LogP contribution in [0.1, 0.15) is 0 Å². The summed E-state index contributed by atoms with van der Waals surface area (Å²) in [4.78, 5) is 0. The molecule has 13 heavy (non-hydrogen) atoms. The van der Waals surface area contributed by atoms with E-state index >= 15 is 0 Å². The summed E-state index contributed by atoms with van der Waals surface area (Å²) in [5.41, 5.74) is 2.73. The molecule has 1 heterocycles. The molecule has 0 saturated carbocycles. The number of rotatable bonds is 0. The predicted molar refractivity (Wildman–Crippen MR) is 58.4 cm³/mol. The minimum atomic E-state index is 1.34. The molecule has 0 bridgehead atoms. The average molecular weight is 184 g/mol. The molecular formula is C12H8S. The van der Waals surface area contributed by atoms with E-state index in [1.54, 1.807) is 11.3 Å². The van der Waals surface area contributed by atoms with Gasteiger partial charge >= 0.3 is 0 Å². The Kier molecular flexibility index (Phi) is 1.41. The molecule has 1 aliphatic carbocycles. The molecule has 62 valence electrons. The highest BCUT2D eigenvalue weighted by Gasteiger charge is 2.06. The summed E-state index contributed by atoms with van der Waals surface area (Å²) < 4.78 is 0. The number of benzene rings is 1. The highest BCUT2D eigenvalue weighted by Crippen LogP contribution is 2.34. The van der Waals surface area contributed by atoms with Gasteiger partial charge in [0.1, 0.15) is 0 Å². The Morgan fingerprint density at radius 1 is 1.00 bits per heavy atom. The molecule has 0 atom stereocenters. The van der Waals surface area contributed by atoms with Crippen molar-refractivity contribution in [3.05, 3.63) is 47.2 Å². The first kappa shape index (κ1) is 7.10. The standard InChI is InChI=1S/C12H8S/c1-2-4-11-9(3-1)7-10-5-6-13-8-12(10)11/h1-8H. The smallest absolute Gasteiger partial charge is 0.000573 e. The van der Waals surface area contributed by atoms with Crippen LogP contribution in [0.3, 0.4) is 0 Å². The molecule has 1 aromatic carbocycles. The number of hydrogen-bond donors (Lipinski definition) is 0. The van der Waals surface area contributed by atoms with Crippen LogP contribution >= 0.6 is 11.3 Å². The van der Waals surface area contributed by atoms with Crippen molar-refractivity contribution in [3.63, 3.8) is 0 Å². The maximum Gasteiger partial charge on any atom is -0.000573 e. The van der Waals surface area contributed by atoms with E-state index in [0.29, 0.717) is 0 Å². The summed E-state index contributed by atoms with van der Waals surface area (Å²) in [6, 6.07) is 13.0. The lowest BCUT2D eigenvalue weighted by atomic mass is 10.1. The SMILES string of the molecule is c1ccc2c3csccc-3cc2c1. The lowest BCUT2D eigenvalue weighted by Gasteiger charge is -1.95. The third kappa shape index (κ3) is 0.973. The Morgan fingerprint density at radius 3 is 2.92 bits per heavy atom. The minimum Gasteiger partial charge on any atom is -0.152 e. The second-order valence-electron chi connectivity index (χ2n) is 3.16. The second kappa shape index (κ2) is 2.57. The van der Waals surface area contributed by atoms with Crippen LogP contribution in [-0.2, 0) is 0 Å². The highest BCUT2D eigenvalue weighted by atomic mass is 32.1. The van der Waals surface area contributed by atoms with Crippen molar-refractivity contribution in [2.45, 2.75) is 0 Å². The first-order valence-corrected chi connectivity index (χ1v) is 5.23. The van der Waals surface area contributed by atoms with Gasteiger partial charge < -0.3 is 0 Å². The normalized spacial score (nSPS) is 11.1. The lowest BCUT2D eigenvalue weighted by molar-refractivity contribution is 1.84. The molecule has 3 rings (SSSR count). The van der Waals surface area contributed by atoms with Crippen LogP contribution in [0.2, 0.25) is 0 Å². The van der Waals surface area contributed by atoms with E-state index in [1.807, 2.05) is 0 Å². The van der Waals surface area contributed by atoms with E-state index in [1.165, 1.54) is 21.9 Å². The molecule has 2 aliphatic rings. The average Bonchev–Trinajstić information content (AvgIpc) is 2.56. The van der Waals surface area contributed by atoms with Gasteiger partial charge in [0.05, 0.1) is 0 Å². The molecule has 1 aliphatic heterocycles. The van der Waals surface area contributed by atoms with Gasteiger partial charge in [0.25, 0.3) is 0 Å². The number of fused-ring (bicyclic) bond motifs is 3. The third-order valence-corrected chi connectivity index (χ3v) is 3.05. The zero-order chi connectivity index (χ0) is 8.67. The van der Waals surface area contributed by atoms with Crippen LogP contribution in [0, 0.1) is 0 Å². The first-order valence-electron chi connectivity index (χ1n) is 4.29. The molecule has 1 aromatic rings. The zero-order valence-corrected chi connectivity index (χ0v) is 7.84. The topological polar surface area (TPSA) is 0 Å². The monoisotopic (exact) mass is 184 g/mol. The molecule has 0 unspecified atom stereocenters. The van der Waals surface area contributed by atoms with Crippen molar-refractivity contribution in [1.82, 2.24) is 0 Å². The molecular weight excluding hydrogens is 176 g/mol. The summed E-state index contributed by atoms with van der Waals surface area (Å²) in [5, 5.41) is 7.06. The van der Waals surface area contributed by atoms with Gasteiger partial charge in [-0.25, -0.2) is 0 Å². The van der Waals surface area contributed by atoms with Crippen LogP contribution in [-0.4, -0.2) is 0 Å². The molecule has 0 nitrogen and oxygen atoms in total. The van der Waals surface area contributed by atoms with Crippen LogP contribution in [0.25, 0.3) is 21.9 Å². The van der Waals surface area contributed by atoms with Crippen LogP contribution in [0.4, 0.5) is 0 Å². The van der Waals surface area contributed by atoms with E-state index in [0.717, 1.165) is 0 Å². The molecule has 1 heteroatoms. The van der Waals surface area contributed by atoms with E-state index in [2.05, 4.69) is 47.2 Å². The first-order chi connectivity index (χ1) is 6.45. The van der Waals surface area contributed by atoms with Crippen molar-refractivity contribution in [2.75, 3.05) is 0 Å². The maximum atomic E-state index is 2.25. The lowest BCUT2D eigenvalue weighted by Crippen LogP contribution is -1.67. The van der Waals surface area contributed by atoms with Gasteiger partial charge in [-0.1, -0.05) is 24.3 Å². The van der Waals surface area contributed by atoms with Crippen molar-refractivity contribution >= 4 is 22.1 Å². The Morgan fingerprint density at radius 2 is 1.92 bits per heavy atom. The fourth-order valence-electron chi connectivity index (χ4n) is 1.76. The van der Waals surface area contributed by atoms with Crippen molar-refractivity contribution in [1.29, 1.82) is 0 Å². The van der Waals surface area contributed by atoms with Crippen molar-refractivity contribution in [3.8, 4) is 11.1 Å². The largest absolute Gasteiger partial charge is 0.152 e. The zero-order valence-electron chi connectivity index (χ0n) is 7.03. The fourth-order valence-corrected chi connectivity index (χ4v) is 2.46. The molecule has 0 spiro atoms. The van der Waals surface area contributed by atoms with Gasteiger partial charge in [-0.15, -0.1) is 0 Å². The summed E-state index contributed by atoms with van der Waals surface area (Å²) >= 11 is 1.75. The van der Waals surface area contributed by atoms with Crippen LogP contribution in [0.5, 0.6) is 0 Å². The van der Waals surface area contributed by atoms with E-state index < -0.39 is 0 Å². The fraction of sp³-hybridized carbons (Fsp3) is 0. The molecule has 0 fully saturated rings. The summed E-state index contributed by atoms with van der Waals surface area (Å²) in [6.07, 6.45) is 0. The second-order valence-corrected chi connectivity index (χ2v) is 3.94. The van der Waals surface area contributed by atoms with Gasteiger partial charge in [0.2, 0.25) is 0 Å². The van der Waals surface area contributed by atoms with E-state index in [-0.39, 0.29) is 0 Å². The summed E-state index contributed by atoms with van der Waals surface area (Å²) in [7, 11) is 0. The van der Waals surface area contributed by atoms with Crippen LogP contribution < -0.4 is 0 Å². The molecule has 0 N–H and O–H groups in total. The third-order valence-electron chi connectivity index (χ3n) is 2.39. The predicted octanol–water partition coefficient (Wildman–Crippen LogP) is 4.01. The minimum absolute atomic E-state index is 1.34. The Labute approximate surface area is 80.8 Å². The molecule has 0 amide bonds. The summed E-state index contributed by atoms with van der Waals surface area (Å²) in [5.74, 6) is 0. The number of hydrogen-bond acceptors (Lipinski definition) is 1. The van der Waals surface area contributed by atoms with Crippen molar-refractivity contribution in [2.24, 2.45) is 0 Å².